The van der Waals surface area contributed by atoms with Crippen molar-refractivity contribution in [2.45, 2.75) is 45.6 Å². The van der Waals surface area contributed by atoms with Gasteiger partial charge in [-0.15, -0.1) is 0 Å². The number of hydrogen-bond acceptors (Lipinski definition) is 4. The topological polar surface area (TPSA) is 86.8 Å². The Kier molecular flexibility index (Phi) is 4.59. The highest BCUT2D eigenvalue weighted by Crippen LogP contribution is 2.27. The van der Waals surface area contributed by atoms with Crippen LogP contribution < -0.4 is 5.32 Å². The fourth-order valence-electron chi connectivity index (χ4n) is 2.66. The van der Waals surface area contributed by atoms with E-state index in [9.17, 15) is 19.2 Å². The molecule has 7 nitrogen and oxygen atoms in total. The SMILES string of the molecule is CC(C)CNC(=O)CN1C(=O)C(=O)N(C2CCCC2)C1=O. The summed E-state index contributed by atoms with van der Waals surface area (Å²) in [6, 6.07) is -0.853. The van der Waals surface area contributed by atoms with Crippen LogP contribution in [0.2, 0.25) is 0 Å². The second kappa shape index (κ2) is 6.24. The van der Waals surface area contributed by atoms with E-state index in [1.807, 2.05) is 13.8 Å². The van der Waals surface area contributed by atoms with E-state index in [1.165, 1.54) is 0 Å². The Hall–Kier alpha value is -1.92. The van der Waals surface area contributed by atoms with Gasteiger partial charge in [-0.3, -0.25) is 19.3 Å². The van der Waals surface area contributed by atoms with Gasteiger partial charge in [0.1, 0.15) is 6.54 Å². The van der Waals surface area contributed by atoms with Crippen molar-refractivity contribution in [2.24, 2.45) is 5.92 Å². The van der Waals surface area contributed by atoms with Crippen LogP contribution in [0.25, 0.3) is 0 Å². The standard InChI is InChI=1S/C14H21N3O4/c1-9(2)7-15-11(18)8-16-12(19)13(20)17(14(16)21)10-5-3-4-6-10/h9-10H,3-8H2,1-2H3,(H,15,18). The second-order valence-electron chi connectivity index (χ2n) is 5.99. The third-order valence-electron chi connectivity index (χ3n) is 3.78. The lowest BCUT2D eigenvalue weighted by Crippen LogP contribution is -2.43. The Balaban J connectivity index is 2.00. The van der Waals surface area contributed by atoms with Gasteiger partial charge in [0.2, 0.25) is 5.91 Å². The molecular formula is C14H21N3O4. The van der Waals surface area contributed by atoms with E-state index in [-0.39, 0.29) is 18.5 Å². The fourth-order valence-corrected chi connectivity index (χ4v) is 2.66. The zero-order valence-electron chi connectivity index (χ0n) is 12.4. The van der Waals surface area contributed by atoms with Gasteiger partial charge in [0.15, 0.2) is 0 Å². The smallest absolute Gasteiger partial charge is 0.334 e. The molecule has 5 amide bonds. The maximum Gasteiger partial charge on any atom is 0.334 e. The number of amides is 5. The van der Waals surface area contributed by atoms with Gasteiger partial charge in [0, 0.05) is 12.6 Å². The first kappa shape index (κ1) is 15.5. The van der Waals surface area contributed by atoms with E-state index >= 15 is 0 Å². The number of rotatable bonds is 5. The van der Waals surface area contributed by atoms with Crippen molar-refractivity contribution in [3.05, 3.63) is 0 Å². The van der Waals surface area contributed by atoms with E-state index in [0.717, 1.165) is 35.5 Å². The Labute approximate surface area is 123 Å². The fraction of sp³-hybridized carbons (Fsp3) is 0.714. The summed E-state index contributed by atoms with van der Waals surface area (Å²) in [5.41, 5.74) is 0. The molecule has 0 bridgehead atoms. The number of nitrogens with zero attached hydrogens (tertiary/aromatic N) is 2. The molecule has 0 spiro atoms. The zero-order valence-corrected chi connectivity index (χ0v) is 12.4. The van der Waals surface area contributed by atoms with Crippen LogP contribution >= 0.6 is 0 Å². The molecule has 1 N–H and O–H groups in total. The molecule has 2 aliphatic rings. The molecule has 0 atom stereocenters. The molecule has 1 heterocycles. The highest BCUT2D eigenvalue weighted by atomic mass is 16.2. The van der Waals surface area contributed by atoms with Crippen molar-refractivity contribution in [2.75, 3.05) is 13.1 Å². The Morgan fingerprint density at radius 1 is 1.19 bits per heavy atom. The summed E-state index contributed by atoms with van der Waals surface area (Å²) < 4.78 is 0. The molecule has 2 rings (SSSR count). The van der Waals surface area contributed by atoms with Gasteiger partial charge in [-0.05, 0) is 18.8 Å². The lowest BCUT2D eigenvalue weighted by Gasteiger charge is -2.20. The number of hydrogen-bond donors (Lipinski definition) is 1. The quantitative estimate of drug-likeness (QED) is 0.591. The molecule has 21 heavy (non-hydrogen) atoms. The molecule has 0 aromatic rings. The van der Waals surface area contributed by atoms with Gasteiger partial charge in [0.05, 0.1) is 0 Å². The summed E-state index contributed by atoms with van der Waals surface area (Å²) in [7, 11) is 0. The summed E-state index contributed by atoms with van der Waals surface area (Å²) in [5, 5.41) is 2.63. The average Bonchev–Trinajstić information content (AvgIpc) is 3.01. The molecule has 116 valence electrons. The van der Waals surface area contributed by atoms with Crippen molar-refractivity contribution in [3.8, 4) is 0 Å². The molecule has 1 saturated heterocycles. The van der Waals surface area contributed by atoms with Crippen LogP contribution in [-0.2, 0) is 14.4 Å². The maximum atomic E-state index is 12.2. The second-order valence-corrected chi connectivity index (χ2v) is 5.99. The number of urea groups is 1. The van der Waals surface area contributed by atoms with E-state index in [0.29, 0.717) is 6.54 Å². The Morgan fingerprint density at radius 2 is 1.81 bits per heavy atom. The lowest BCUT2D eigenvalue weighted by atomic mass is 10.2. The van der Waals surface area contributed by atoms with Crippen LogP contribution in [0.3, 0.4) is 0 Å². The number of imide groups is 2. The maximum absolute atomic E-state index is 12.2. The zero-order chi connectivity index (χ0) is 15.6. The predicted octanol–water partition coefficient (Wildman–Crippen LogP) is 0.492. The molecule has 0 aromatic heterocycles. The van der Waals surface area contributed by atoms with Crippen LogP contribution in [0, 0.1) is 5.92 Å². The van der Waals surface area contributed by atoms with Crippen molar-refractivity contribution in [1.82, 2.24) is 15.1 Å². The molecule has 1 aliphatic heterocycles. The van der Waals surface area contributed by atoms with E-state index in [1.54, 1.807) is 0 Å². The predicted molar refractivity (Wildman–Crippen MR) is 74.1 cm³/mol. The van der Waals surface area contributed by atoms with E-state index < -0.39 is 23.8 Å². The molecule has 7 heteroatoms. The minimum atomic E-state index is -0.897. The van der Waals surface area contributed by atoms with Gasteiger partial charge in [-0.1, -0.05) is 26.7 Å². The van der Waals surface area contributed by atoms with Gasteiger partial charge >= 0.3 is 17.8 Å². The number of nitrogens with one attached hydrogen (secondary N) is 1. The minimum Gasteiger partial charge on any atom is -0.354 e. The van der Waals surface area contributed by atoms with Crippen LogP contribution in [0.1, 0.15) is 39.5 Å². The minimum absolute atomic E-state index is 0.197. The summed E-state index contributed by atoms with van der Waals surface area (Å²) >= 11 is 0. The Morgan fingerprint density at radius 3 is 2.38 bits per heavy atom. The van der Waals surface area contributed by atoms with Crippen molar-refractivity contribution in [3.63, 3.8) is 0 Å². The molecule has 0 radical (unpaired) electrons. The molecule has 0 aromatic carbocycles. The molecule has 2 fully saturated rings. The van der Waals surface area contributed by atoms with Gasteiger partial charge in [-0.2, -0.15) is 0 Å². The average molecular weight is 295 g/mol. The molecule has 1 aliphatic carbocycles. The summed E-state index contributed by atoms with van der Waals surface area (Å²) in [6.07, 6.45) is 3.37. The Bertz CT molecular complexity index is 469. The van der Waals surface area contributed by atoms with Crippen molar-refractivity contribution < 1.29 is 19.2 Å². The summed E-state index contributed by atoms with van der Waals surface area (Å²) in [4.78, 5) is 49.6. The summed E-state index contributed by atoms with van der Waals surface area (Å²) in [6.45, 7) is 3.96. The van der Waals surface area contributed by atoms with E-state index in [4.69, 9.17) is 0 Å². The third kappa shape index (κ3) is 3.22. The third-order valence-corrected chi connectivity index (χ3v) is 3.78. The normalized spacial score (nSPS) is 20.0. The first-order valence-electron chi connectivity index (χ1n) is 7.37. The largest absolute Gasteiger partial charge is 0.354 e. The van der Waals surface area contributed by atoms with Crippen molar-refractivity contribution >= 4 is 23.8 Å². The monoisotopic (exact) mass is 295 g/mol. The molecule has 0 unspecified atom stereocenters. The van der Waals surface area contributed by atoms with Gasteiger partial charge < -0.3 is 5.32 Å². The van der Waals surface area contributed by atoms with Crippen LogP contribution in [-0.4, -0.2) is 52.7 Å². The highest BCUT2D eigenvalue weighted by Gasteiger charge is 2.48. The van der Waals surface area contributed by atoms with Gasteiger partial charge in [-0.25, -0.2) is 9.69 Å². The first-order valence-corrected chi connectivity index (χ1v) is 7.37. The molecular weight excluding hydrogens is 274 g/mol. The van der Waals surface area contributed by atoms with Crippen LogP contribution in [0.15, 0.2) is 0 Å². The summed E-state index contributed by atoms with van der Waals surface area (Å²) in [5.74, 6) is -1.85. The van der Waals surface area contributed by atoms with E-state index in [2.05, 4.69) is 5.32 Å². The van der Waals surface area contributed by atoms with Gasteiger partial charge in [0.25, 0.3) is 0 Å². The first-order chi connectivity index (χ1) is 9.91. The number of carbonyl (C=O) groups excluding carboxylic acids is 4. The highest BCUT2D eigenvalue weighted by molar-refractivity contribution is 6.45. The lowest BCUT2D eigenvalue weighted by molar-refractivity contribution is -0.144. The molecule has 1 saturated carbocycles. The van der Waals surface area contributed by atoms with Crippen molar-refractivity contribution in [1.29, 1.82) is 0 Å². The number of carbonyl (C=O) groups is 4. The van der Waals surface area contributed by atoms with Crippen LogP contribution in [0.5, 0.6) is 0 Å². The van der Waals surface area contributed by atoms with Crippen LogP contribution in [0.4, 0.5) is 4.79 Å².